The van der Waals surface area contributed by atoms with Gasteiger partial charge >= 0.3 is 0 Å². The lowest BCUT2D eigenvalue weighted by atomic mass is 10.1. The molecule has 0 aromatic heterocycles. The molecule has 0 aliphatic carbocycles. The monoisotopic (exact) mass is 247 g/mol. The van der Waals surface area contributed by atoms with Crippen molar-refractivity contribution in [3.63, 3.8) is 0 Å². The van der Waals surface area contributed by atoms with Gasteiger partial charge in [0.15, 0.2) is 0 Å². The third kappa shape index (κ3) is 3.48. The Balaban J connectivity index is 1.92. The lowest BCUT2D eigenvalue weighted by Crippen LogP contribution is -2.18. The molecule has 0 saturated heterocycles. The van der Waals surface area contributed by atoms with Crippen LogP contribution in [0.5, 0.6) is 5.75 Å². The van der Waals surface area contributed by atoms with Crippen LogP contribution < -0.4 is 10.5 Å². The van der Waals surface area contributed by atoms with Gasteiger partial charge in [-0.15, -0.1) is 0 Å². The molecule has 2 rings (SSSR count). The zero-order valence-corrected chi connectivity index (χ0v) is 10.1. The van der Waals surface area contributed by atoms with E-state index >= 15 is 0 Å². The molecule has 0 spiro atoms. The van der Waals surface area contributed by atoms with Gasteiger partial charge in [0.2, 0.25) is 0 Å². The first-order valence-corrected chi connectivity index (χ1v) is 5.82. The molecule has 1 unspecified atom stereocenters. The molecule has 2 aromatic carbocycles. The summed E-state index contributed by atoms with van der Waals surface area (Å²) in [6.07, 6.45) is 0. The zero-order chi connectivity index (χ0) is 12.1. The van der Waals surface area contributed by atoms with Gasteiger partial charge in [-0.25, -0.2) is 0 Å². The van der Waals surface area contributed by atoms with Crippen molar-refractivity contribution < 1.29 is 4.74 Å². The fourth-order valence-corrected chi connectivity index (χ4v) is 1.64. The molecule has 0 bridgehead atoms. The number of ether oxygens (including phenoxy) is 1. The van der Waals surface area contributed by atoms with Crippen LogP contribution in [0.2, 0.25) is 5.02 Å². The molecule has 17 heavy (non-hydrogen) atoms. The van der Waals surface area contributed by atoms with Crippen LogP contribution in [0.15, 0.2) is 54.6 Å². The number of rotatable bonds is 4. The first kappa shape index (κ1) is 12.0. The Labute approximate surface area is 106 Å². The molecule has 0 aliphatic heterocycles. The average Bonchev–Trinajstić information content (AvgIpc) is 2.39. The molecule has 1 atom stereocenters. The summed E-state index contributed by atoms with van der Waals surface area (Å²) in [5.74, 6) is 0.779. The van der Waals surface area contributed by atoms with Crippen LogP contribution in [0.25, 0.3) is 0 Å². The van der Waals surface area contributed by atoms with Gasteiger partial charge in [0.25, 0.3) is 0 Å². The van der Waals surface area contributed by atoms with E-state index in [1.165, 1.54) is 0 Å². The van der Waals surface area contributed by atoms with Crippen LogP contribution >= 0.6 is 11.6 Å². The minimum Gasteiger partial charge on any atom is -0.492 e. The SMILES string of the molecule is NC(COc1ccc(Cl)cc1)c1ccccc1. The van der Waals surface area contributed by atoms with Crippen LogP contribution in [0.3, 0.4) is 0 Å². The topological polar surface area (TPSA) is 35.2 Å². The third-order valence-corrected chi connectivity index (χ3v) is 2.72. The van der Waals surface area contributed by atoms with E-state index in [0.29, 0.717) is 11.6 Å². The van der Waals surface area contributed by atoms with E-state index < -0.39 is 0 Å². The van der Waals surface area contributed by atoms with Crippen LogP contribution in [-0.2, 0) is 0 Å². The Morgan fingerprint density at radius 2 is 1.65 bits per heavy atom. The molecule has 0 heterocycles. The minimum atomic E-state index is -0.119. The van der Waals surface area contributed by atoms with E-state index in [1.807, 2.05) is 42.5 Å². The molecule has 0 fully saturated rings. The smallest absolute Gasteiger partial charge is 0.119 e. The molecule has 2 N–H and O–H groups in total. The zero-order valence-electron chi connectivity index (χ0n) is 9.34. The highest BCUT2D eigenvalue weighted by Crippen LogP contribution is 2.17. The first-order valence-electron chi connectivity index (χ1n) is 5.44. The normalized spacial score (nSPS) is 12.1. The van der Waals surface area contributed by atoms with Crippen molar-refractivity contribution in [2.45, 2.75) is 6.04 Å². The van der Waals surface area contributed by atoms with Crippen molar-refractivity contribution in [1.29, 1.82) is 0 Å². The molecule has 0 radical (unpaired) electrons. The van der Waals surface area contributed by atoms with Gasteiger partial charge < -0.3 is 10.5 Å². The second-order valence-electron chi connectivity index (χ2n) is 3.78. The predicted octanol–water partition coefficient (Wildman–Crippen LogP) is 3.42. The summed E-state index contributed by atoms with van der Waals surface area (Å²) < 4.78 is 5.59. The average molecular weight is 248 g/mol. The molecule has 3 heteroatoms. The van der Waals surface area contributed by atoms with Crippen LogP contribution in [0.1, 0.15) is 11.6 Å². The van der Waals surface area contributed by atoms with Crippen LogP contribution in [0, 0.1) is 0 Å². The Morgan fingerprint density at radius 3 is 2.29 bits per heavy atom. The van der Waals surface area contributed by atoms with Crippen LogP contribution in [0.4, 0.5) is 0 Å². The largest absolute Gasteiger partial charge is 0.492 e. The molecule has 0 aliphatic rings. The van der Waals surface area contributed by atoms with Gasteiger partial charge in [0.05, 0.1) is 6.04 Å². The number of halogens is 1. The van der Waals surface area contributed by atoms with Gasteiger partial charge in [-0.2, -0.15) is 0 Å². The summed E-state index contributed by atoms with van der Waals surface area (Å²) in [5.41, 5.74) is 7.09. The maximum absolute atomic E-state index is 6.02. The predicted molar refractivity (Wildman–Crippen MR) is 70.3 cm³/mol. The molecular weight excluding hydrogens is 234 g/mol. The van der Waals surface area contributed by atoms with Gasteiger partial charge in [-0.1, -0.05) is 41.9 Å². The fourth-order valence-electron chi connectivity index (χ4n) is 1.51. The Kier molecular flexibility index (Phi) is 4.02. The molecule has 88 valence electrons. The molecular formula is C14H14ClNO. The summed E-state index contributed by atoms with van der Waals surface area (Å²) in [6.45, 7) is 0.450. The highest BCUT2D eigenvalue weighted by Gasteiger charge is 2.05. The lowest BCUT2D eigenvalue weighted by molar-refractivity contribution is 0.290. The number of nitrogens with two attached hydrogens (primary N) is 1. The van der Waals surface area contributed by atoms with Crippen molar-refractivity contribution in [1.82, 2.24) is 0 Å². The van der Waals surface area contributed by atoms with Crippen molar-refractivity contribution in [3.8, 4) is 5.75 Å². The van der Waals surface area contributed by atoms with E-state index in [9.17, 15) is 0 Å². The lowest BCUT2D eigenvalue weighted by Gasteiger charge is -2.13. The first-order chi connectivity index (χ1) is 8.25. The fraction of sp³-hybridized carbons (Fsp3) is 0.143. The summed E-state index contributed by atoms with van der Waals surface area (Å²) in [5, 5.41) is 0.699. The van der Waals surface area contributed by atoms with Crippen LogP contribution in [-0.4, -0.2) is 6.61 Å². The number of benzene rings is 2. The number of hydrogen-bond donors (Lipinski definition) is 1. The van der Waals surface area contributed by atoms with Crippen molar-refractivity contribution >= 4 is 11.6 Å². The molecule has 2 aromatic rings. The van der Waals surface area contributed by atoms with E-state index in [4.69, 9.17) is 22.1 Å². The quantitative estimate of drug-likeness (QED) is 0.899. The van der Waals surface area contributed by atoms with Gasteiger partial charge in [-0.3, -0.25) is 0 Å². The standard InChI is InChI=1S/C14H14ClNO/c15-12-6-8-13(9-7-12)17-10-14(16)11-4-2-1-3-5-11/h1-9,14H,10,16H2. The maximum Gasteiger partial charge on any atom is 0.119 e. The highest BCUT2D eigenvalue weighted by molar-refractivity contribution is 6.30. The Morgan fingerprint density at radius 1 is 1.00 bits per heavy atom. The number of hydrogen-bond acceptors (Lipinski definition) is 2. The van der Waals surface area contributed by atoms with Crippen molar-refractivity contribution in [2.24, 2.45) is 5.73 Å². The highest BCUT2D eigenvalue weighted by atomic mass is 35.5. The van der Waals surface area contributed by atoms with Gasteiger partial charge in [0.1, 0.15) is 12.4 Å². The molecule has 0 saturated carbocycles. The van der Waals surface area contributed by atoms with Crippen molar-refractivity contribution in [2.75, 3.05) is 6.61 Å². The summed E-state index contributed by atoms with van der Waals surface area (Å²) in [7, 11) is 0. The third-order valence-electron chi connectivity index (χ3n) is 2.47. The van der Waals surface area contributed by atoms with Gasteiger partial charge in [-0.05, 0) is 29.8 Å². The molecule has 0 amide bonds. The van der Waals surface area contributed by atoms with E-state index in [0.717, 1.165) is 11.3 Å². The van der Waals surface area contributed by atoms with Crippen molar-refractivity contribution in [3.05, 3.63) is 65.2 Å². The Hall–Kier alpha value is -1.51. The summed E-state index contributed by atoms with van der Waals surface area (Å²) in [4.78, 5) is 0. The Bertz CT molecular complexity index is 455. The van der Waals surface area contributed by atoms with E-state index in [-0.39, 0.29) is 6.04 Å². The summed E-state index contributed by atoms with van der Waals surface area (Å²) in [6, 6.07) is 17.0. The minimum absolute atomic E-state index is 0.119. The molecule has 2 nitrogen and oxygen atoms in total. The van der Waals surface area contributed by atoms with E-state index in [2.05, 4.69) is 0 Å². The van der Waals surface area contributed by atoms with E-state index in [1.54, 1.807) is 12.1 Å². The van der Waals surface area contributed by atoms with Gasteiger partial charge in [0, 0.05) is 5.02 Å². The second kappa shape index (κ2) is 5.71. The second-order valence-corrected chi connectivity index (χ2v) is 4.22. The summed E-state index contributed by atoms with van der Waals surface area (Å²) >= 11 is 5.79. The maximum atomic E-state index is 6.02.